The number of hydrogen-bond donors (Lipinski definition) is 0. The van der Waals surface area contributed by atoms with Crippen LogP contribution < -0.4 is 4.90 Å². The number of thiophene rings is 1. The van der Waals surface area contributed by atoms with Crippen molar-refractivity contribution >= 4 is 66.7 Å². The van der Waals surface area contributed by atoms with Gasteiger partial charge in [0.25, 0.3) is 0 Å². The molecule has 10 heteroatoms. The number of aromatic nitrogens is 1. The van der Waals surface area contributed by atoms with Gasteiger partial charge in [-0.15, -0.1) is 21.6 Å². The number of likely N-dealkylation sites (tertiary alicyclic amines) is 1. The van der Waals surface area contributed by atoms with Crippen molar-refractivity contribution in [3.05, 3.63) is 41.0 Å². The molecule has 2 aliphatic heterocycles. The van der Waals surface area contributed by atoms with Gasteiger partial charge in [0.05, 0.1) is 10.4 Å². The first-order chi connectivity index (χ1) is 16.6. The number of rotatable bonds is 6. The number of amides is 1. The van der Waals surface area contributed by atoms with Crippen molar-refractivity contribution in [1.82, 2.24) is 9.88 Å². The Morgan fingerprint density at radius 1 is 1.09 bits per heavy atom. The lowest BCUT2D eigenvalue weighted by Gasteiger charge is -2.26. The number of benzene rings is 1. The van der Waals surface area contributed by atoms with Crippen LogP contribution in [0.3, 0.4) is 0 Å². The molecular weight excluding hydrogens is 468 g/mol. The van der Waals surface area contributed by atoms with Gasteiger partial charge in [0.15, 0.2) is 5.76 Å². The molecule has 176 valence electrons. The zero-order valence-electron chi connectivity index (χ0n) is 19.2. The molecule has 4 heterocycles. The SMILES string of the molecule is CCN(CC)c1ccc(N=Nc2nc3sc(/C=C4/OC(N5CCCCC5)=NC4=O)cc3s2)cc1. The molecule has 0 unspecified atom stereocenters. The molecule has 0 aliphatic carbocycles. The lowest BCUT2D eigenvalue weighted by molar-refractivity contribution is -0.115. The summed E-state index contributed by atoms with van der Waals surface area (Å²) in [6, 6.07) is 10.5. The summed E-state index contributed by atoms with van der Waals surface area (Å²) in [4.78, 5) is 27.1. The van der Waals surface area contributed by atoms with E-state index in [2.05, 4.69) is 51.1 Å². The van der Waals surface area contributed by atoms with E-state index in [-0.39, 0.29) is 11.7 Å². The summed E-state index contributed by atoms with van der Waals surface area (Å²) >= 11 is 2.97. The number of anilines is 1. The van der Waals surface area contributed by atoms with Crippen LogP contribution in [0.1, 0.15) is 38.0 Å². The number of carbonyl (C=O) groups excluding carboxylic acids is 1. The van der Waals surface area contributed by atoms with E-state index >= 15 is 0 Å². The highest BCUT2D eigenvalue weighted by Gasteiger charge is 2.28. The number of azo groups is 1. The molecule has 8 nitrogen and oxygen atoms in total. The molecule has 1 saturated heterocycles. The molecule has 1 amide bonds. The number of piperidine rings is 1. The third-order valence-corrected chi connectivity index (χ3v) is 7.83. The van der Waals surface area contributed by atoms with Crippen molar-refractivity contribution in [3.63, 3.8) is 0 Å². The van der Waals surface area contributed by atoms with Crippen LogP contribution in [0.5, 0.6) is 0 Å². The predicted molar refractivity (Wildman–Crippen MR) is 139 cm³/mol. The van der Waals surface area contributed by atoms with Gasteiger partial charge in [0.1, 0.15) is 4.83 Å². The molecule has 5 rings (SSSR count). The first kappa shape index (κ1) is 22.7. The monoisotopic (exact) mass is 494 g/mol. The van der Waals surface area contributed by atoms with Gasteiger partial charge in [0, 0.05) is 42.8 Å². The van der Waals surface area contributed by atoms with Crippen molar-refractivity contribution in [3.8, 4) is 0 Å². The van der Waals surface area contributed by atoms with Gasteiger partial charge in [-0.1, -0.05) is 11.3 Å². The molecule has 0 saturated carbocycles. The Labute approximate surface area is 206 Å². The van der Waals surface area contributed by atoms with E-state index in [0.717, 1.165) is 59.1 Å². The number of amidine groups is 1. The predicted octanol–water partition coefficient (Wildman–Crippen LogP) is 6.36. The van der Waals surface area contributed by atoms with Gasteiger partial charge >= 0.3 is 11.9 Å². The number of carbonyl (C=O) groups is 1. The summed E-state index contributed by atoms with van der Waals surface area (Å²) in [5, 5.41) is 9.26. The van der Waals surface area contributed by atoms with Gasteiger partial charge in [0.2, 0.25) is 5.13 Å². The van der Waals surface area contributed by atoms with E-state index in [0.29, 0.717) is 11.2 Å². The molecule has 34 heavy (non-hydrogen) atoms. The van der Waals surface area contributed by atoms with Crippen LogP contribution in [0.4, 0.5) is 16.5 Å². The average molecular weight is 495 g/mol. The largest absolute Gasteiger partial charge is 0.420 e. The molecule has 2 aromatic heterocycles. The Morgan fingerprint density at radius 3 is 2.56 bits per heavy atom. The van der Waals surface area contributed by atoms with E-state index in [1.807, 2.05) is 23.1 Å². The fraction of sp³-hybridized carbons (Fsp3) is 0.375. The summed E-state index contributed by atoms with van der Waals surface area (Å²) in [5.41, 5.74) is 1.97. The second-order valence-corrected chi connectivity index (χ2v) is 10.1. The molecule has 0 radical (unpaired) electrons. The van der Waals surface area contributed by atoms with Crippen LogP contribution >= 0.6 is 22.7 Å². The molecule has 0 bridgehead atoms. The van der Waals surface area contributed by atoms with E-state index in [9.17, 15) is 4.79 Å². The summed E-state index contributed by atoms with van der Waals surface area (Å²) in [7, 11) is 0. The minimum atomic E-state index is -0.327. The molecule has 0 N–H and O–H groups in total. The molecule has 1 aromatic carbocycles. The molecular formula is C24H26N6O2S2. The maximum absolute atomic E-state index is 12.3. The van der Waals surface area contributed by atoms with Crippen LogP contribution in [0.15, 0.2) is 51.3 Å². The Morgan fingerprint density at radius 2 is 1.85 bits per heavy atom. The number of hydrogen-bond acceptors (Lipinski definition) is 9. The Balaban J connectivity index is 1.25. The van der Waals surface area contributed by atoms with Crippen molar-refractivity contribution in [2.45, 2.75) is 33.1 Å². The van der Waals surface area contributed by atoms with Gasteiger partial charge in [-0.05, 0) is 63.4 Å². The van der Waals surface area contributed by atoms with E-state index in [4.69, 9.17) is 4.74 Å². The van der Waals surface area contributed by atoms with Crippen molar-refractivity contribution in [1.29, 1.82) is 0 Å². The van der Waals surface area contributed by atoms with E-state index in [1.165, 1.54) is 34.8 Å². The topological polar surface area (TPSA) is 82.8 Å². The normalized spacial score (nSPS) is 17.7. The lowest BCUT2D eigenvalue weighted by atomic mass is 10.1. The van der Waals surface area contributed by atoms with Crippen molar-refractivity contribution < 1.29 is 9.53 Å². The quantitative estimate of drug-likeness (QED) is 0.294. The van der Waals surface area contributed by atoms with Crippen molar-refractivity contribution in [2.75, 3.05) is 31.1 Å². The fourth-order valence-corrected chi connectivity index (χ4v) is 6.00. The summed E-state index contributed by atoms with van der Waals surface area (Å²) < 4.78 is 6.78. The van der Waals surface area contributed by atoms with E-state index in [1.54, 1.807) is 6.08 Å². The minimum Gasteiger partial charge on any atom is -0.420 e. The minimum absolute atomic E-state index is 0.266. The smallest absolute Gasteiger partial charge is 0.317 e. The third kappa shape index (κ3) is 4.88. The Bertz CT molecular complexity index is 1230. The van der Waals surface area contributed by atoms with Crippen molar-refractivity contribution in [2.24, 2.45) is 15.2 Å². The summed E-state index contributed by atoms with van der Waals surface area (Å²) in [6.45, 7) is 8.00. The fourth-order valence-electron chi connectivity index (χ4n) is 4.02. The van der Waals surface area contributed by atoms with Crippen LogP contribution in [0, 0.1) is 0 Å². The molecule has 2 aliphatic rings. The zero-order chi connectivity index (χ0) is 23.5. The second-order valence-electron chi connectivity index (χ2n) is 8.06. The van der Waals surface area contributed by atoms with Crippen LogP contribution in [-0.2, 0) is 9.53 Å². The third-order valence-electron chi connectivity index (χ3n) is 5.84. The number of nitrogens with zero attached hydrogens (tertiary/aromatic N) is 6. The van der Waals surface area contributed by atoms with Crippen LogP contribution in [0.25, 0.3) is 15.6 Å². The van der Waals surface area contributed by atoms with Gasteiger partial charge in [-0.25, -0.2) is 4.98 Å². The molecule has 3 aromatic rings. The van der Waals surface area contributed by atoms with Gasteiger partial charge in [-0.3, -0.25) is 4.79 Å². The maximum Gasteiger partial charge on any atom is 0.317 e. The van der Waals surface area contributed by atoms with Gasteiger partial charge in [-0.2, -0.15) is 4.99 Å². The highest BCUT2D eigenvalue weighted by molar-refractivity contribution is 7.29. The number of aliphatic imine (C=N–C) groups is 1. The molecule has 0 atom stereocenters. The Hall–Kier alpha value is -3.11. The molecule has 0 spiro atoms. The average Bonchev–Trinajstić information content (AvgIpc) is 3.53. The Kier molecular flexibility index (Phi) is 6.68. The number of ether oxygens (including phenoxy) is 1. The van der Waals surface area contributed by atoms with Crippen LogP contribution in [0.2, 0.25) is 0 Å². The number of thiazole rings is 1. The molecule has 1 fully saturated rings. The summed E-state index contributed by atoms with van der Waals surface area (Å²) in [6.07, 6.45) is 5.16. The highest BCUT2D eigenvalue weighted by atomic mass is 32.1. The number of fused-ring (bicyclic) bond motifs is 1. The second kappa shape index (κ2) is 10.0. The maximum atomic E-state index is 12.3. The van der Waals surface area contributed by atoms with Crippen LogP contribution in [-0.4, -0.2) is 48.0 Å². The first-order valence-corrected chi connectivity index (χ1v) is 13.2. The lowest BCUT2D eigenvalue weighted by Crippen LogP contribution is -2.35. The standard InChI is InChI=1S/C24H26N6O2S2/c1-3-29(4-2)17-10-8-16(9-11-17)27-28-23-26-22-20(34-23)15-18(33-22)14-19-21(31)25-24(32-19)30-12-6-5-7-13-30/h8-11,14-15H,3-7,12-13H2,1-2H3/b19-14+,28-27?. The highest BCUT2D eigenvalue weighted by Crippen LogP contribution is 2.36. The van der Waals surface area contributed by atoms with Gasteiger partial charge < -0.3 is 14.5 Å². The van der Waals surface area contributed by atoms with E-state index < -0.39 is 0 Å². The first-order valence-electron chi connectivity index (χ1n) is 11.6. The zero-order valence-corrected chi connectivity index (χ0v) is 20.9. The summed E-state index contributed by atoms with van der Waals surface area (Å²) in [5.74, 6) is -0.0608.